The van der Waals surface area contributed by atoms with Crippen LogP contribution in [0.4, 0.5) is 5.69 Å². The van der Waals surface area contributed by atoms with Crippen molar-refractivity contribution in [2.75, 3.05) is 19.5 Å². The second kappa shape index (κ2) is 5.32. The van der Waals surface area contributed by atoms with Crippen LogP contribution in [0.15, 0.2) is 30.3 Å². The molecule has 3 nitrogen and oxygen atoms in total. The predicted molar refractivity (Wildman–Crippen MR) is 85.5 cm³/mol. The zero-order valence-corrected chi connectivity index (χ0v) is 13.0. The molecule has 1 unspecified atom stereocenters. The van der Waals surface area contributed by atoms with Gasteiger partial charge in [-0.15, -0.1) is 0 Å². The maximum absolute atomic E-state index is 5.51. The van der Waals surface area contributed by atoms with E-state index in [4.69, 9.17) is 9.47 Å². The van der Waals surface area contributed by atoms with Crippen molar-refractivity contribution in [1.82, 2.24) is 0 Å². The number of benzene rings is 2. The Morgan fingerprint density at radius 3 is 2.57 bits per heavy atom. The highest BCUT2D eigenvalue weighted by molar-refractivity contribution is 5.63. The average Bonchev–Trinajstić information content (AvgIpc) is 2.90. The Bertz CT molecular complexity index is 679. The Morgan fingerprint density at radius 2 is 1.86 bits per heavy atom. The second-order valence-corrected chi connectivity index (χ2v) is 5.62. The third-order valence-electron chi connectivity index (χ3n) is 4.17. The van der Waals surface area contributed by atoms with Gasteiger partial charge >= 0.3 is 0 Å². The van der Waals surface area contributed by atoms with Crippen LogP contribution in [0.3, 0.4) is 0 Å². The van der Waals surface area contributed by atoms with Gasteiger partial charge in [0, 0.05) is 11.3 Å². The molecule has 1 aliphatic heterocycles. The van der Waals surface area contributed by atoms with Crippen LogP contribution in [0.2, 0.25) is 0 Å². The molecular weight excluding hydrogens is 262 g/mol. The SMILES string of the molecule is COc1ccc(OC)c(C2Cc3c(C)cc(C)cc3N2)c1. The van der Waals surface area contributed by atoms with Gasteiger partial charge in [0.2, 0.25) is 0 Å². The molecule has 2 aromatic rings. The van der Waals surface area contributed by atoms with Crippen LogP contribution >= 0.6 is 0 Å². The number of nitrogens with one attached hydrogen (secondary N) is 1. The summed E-state index contributed by atoms with van der Waals surface area (Å²) in [5, 5.41) is 3.62. The predicted octanol–water partition coefficient (Wildman–Crippen LogP) is 4.03. The van der Waals surface area contributed by atoms with E-state index in [1.165, 1.54) is 22.4 Å². The van der Waals surface area contributed by atoms with Crippen LogP contribution in [0.5, 0.6) is 11.5 Å². The third kappa shape index (κ3) is 2.44. The van der Waals surface area contributed by atoms with Gasteiger partial charge in [0.05, 0.1) is 20.3 Å². The van der Waals surface area contributed by atoms with Crippen molar-refractivity contribution >= 4 is 5.69 Å². The molecule has 0 fully saturated rings. The maximum atomic E-state index is 5.51. The van der Waals surface area contributed by atoms with E-state index in [0.717, 1.165) is 23.5 Å². The first-order valence-corrected chi connectivity index (χ1v) is 7.21. The smallest absolute Gasteiger partial charge is 0.124 e. The Kier molecular flexibility index (Phi) is 3.50. The number of hydrogen-bond donors (Lipinski definition) is 1. The van der Waals surface area contributed by atoms with Crippen LogP contribution in [-0.2, 0) is 6.42 Å². The number of methoxy groups -OCH3 is 2. The lowest BCUT2D eigenvalue weighted by Crippen LogP contribution is -2.08. The minimum Gasteiger partial charge on any atom is -0.497 e. The molecular formula is C18H21NO2. The molecule has 110 valence electrons. The van der Waals surface area contributed by atoms with Crippen molar-refractivity contribution in [3.8, 4) is 11.5 Å². The summed E-state index contributed by atoms with van der Waals surface area (Å²) < 4.78 is 10.9. The molecule has 3 heteroatoms. The zero-order valence-electron chi connectivity index (χ0n) is 13.0. The molecule has 1 atom stereocenters. The molecule has 1 heterocycles. The van der Waals surface area contributed by atoms with Gasteiger partial charge < -0.3 is 14.8 Å². The fraction of sp³-hybridized carbons (Fsp3) is 0.333. The van der Waals surface area contributed by atoms with Gasteiger partial charge in [-0.05, 0) is 61.2 Å². The van der Waals surface area contributed by atoms with Crippen molar-refractivity contribution in [1.29, 1.82) is 0 Å². The lowest BCUT2D eigenvalue weighted by molar-refractivity contribution is 0.396. The molecule has 0 spiro atoms. The van der Waals surface area contributed by atoms with E-state index in [1.807, 2.05) is 12.1 Å². The molecule has 1 N–H and O–H groups in total. The first-order chi connectivity index (χ1) is 10.1. The number of fused-ring (bicyclic) bond motifs is 1. The molecule has 0 saturated heterocycles. The number of aryl methyl sites for hydroxylation is 2. The van der Waals surface area contributed by atoms with Gasteiger partial charge in [-0.25, -0.2) is 0 Å². The van der Waals surface area contributed by atoms with E-state index in [-0.39, 0.29) is 6.04 Å². The first-order valence-electron chi connectivity index (χ1n) is 7.21. The van der Waals surface area contributed by atoms with E-state index < -0.39 is 0 Å². The standard InChI is InChI=1S/C18H21NO2/c1-11-7-12(2)14-10-17(19-16(14)8-11)15-9-13(20-3)5-6-18(15)21-4/h5-9,17,19H,10H2,1-4H3. The fourth-order valence-corrected chi connectivity index (χ4v) is 3.14. The fourth-order valence-electron chi connectivity index (χ4n) is 3.14. The minimum atomic E-state index is 0.227. The largest absolute Gasteiger partial charge is 0.497 e. The molecule has 0 radical (unpaired) electrons. The Hall–Kier alpha value is -2.16. The number of rotatable bonds is 3. The third-order valence-corrected chi connectivity index (χ3v) is 4.17. The summed E-state index contributed by atoms with van der Waals surface area (Å²) in [5.74, 6) is 1.76. The maximum Gasteiger partial charge on any atom is 0.124 e. The lowest BCUT2D eigenvalue weighted by atomic mass is 9.98. The molecule has 21 heavy (non-hydrogen) atoms. The van der Waals surface area contributed by atoms with Gasteiger partial charge in [0.25, 0.3) is 0 Å². The topological polar surface area (TPSA) is 30.5 Å². The minimum absolute atomic E-state index is 0.227. The van der Waals surface area contributed by atoms with Crippen LogP contribution in [0.25, 0.3) is 0 Å². The Balaban J connectivity index is 1.99. The normalized spacial score (nSPS) is 16.3. The van der Waals surface area contributed by atoms with Gasteiger partial charge in [-0.1, -0.05) is 6.07 Å². The summed E-state index contributed by atoms with van der Waals surface area (Å²) in [6.07, 6.45) is 0.977. The number of ether oxygens (including phenoxy) is 2. The molecule has 1 aliphatic rings. The van der Waals surface area contributed by atoms with Crippen LogP contribution in [0, 0.1) is 13.8 Å². The van der Waals surface area contributed by atoms with Gasteiger partial charge in [0.1, 0.15) is 11.5 Å². The van der Waals surface area contributed by atoms with Crippen molar-refractivity contribution in [2.24, 2.45) is 0 Å². The van der Waals surface area contributed by atoms with E-state index in [0.29, 0.717) is 0 Å². The molecule has 0 saturated carbocycles. The van der Waals surface area contributed by atoms with E-state index in [1.54, 1.807) is 14.2 Å². The summed E-state index contributed by atoms with van der Waals surface area (Å²) >= 11 is 0. The summed E-state index contributed by atoms with van der Waals surface area (Å²) in [5.41, 5.74) is 6.42. The summed E-state index contributed by atoms with van der Waals surface area (Å²) in [6.45, 7) is 4.31. The summed E-state index contributed by atoms with van der Waals surface area (Å²) in [6, 6.07) is 10.6. The van der Waals surface area contributed by atoms with Crippen molar-refractivity contribution < 1.29 is 9.47 Å². The highest BCUT2D eigenvalue weighted by Gasteiger charge is 2.26. The molecule has 2 aromatic carbocycles. The Morgan fingerprint density at radius 1 is 1.05 bits per heavy atom. The lowest BCUT2D eigenvalue weighted by Gasteiger charge is -2.16. The van der Waals surface area contributed by atoms with Crippen LogP contribution in [0.1, 0.15) is 28.3 Å². The van der Waals surface area contributed by atoms with E-state index in [2.05, 4.69) is 37.4 Å². The molecule has 0 aliphatic carbocycles. The van der Waals surface area contributed by atoms with Gasteiger partial charge in [-0.3, -0.25) is 0 Å². The summed E-state index contributed by atoms with van der Waals surface area (Å²) in [7, 11) is 3.40. The molecule has 0 aromatic heterocycles. The highest BCUT2D eigenvalue weighted by atomic mass is 16.5. The van der Waals surface area contributed by atoms with E-state index >= 15 is 0 Å². The van der Waals surface area contributed by atoms with Gasteiger partial charge in [0.15, 0.2) is 0 Å². The molecule has 0 bridgehead atoms. The van der Waals surface area contributed by atoms with Crippen LogP contribution < -0.4 is 14.8 Å². The highest BCUT2D eigenvalue weighted by Crippen LogP contribution is 2.40. The number of hydrogen-bond acceptors (Lipinski definition) is 3. The van der Waals surface area contributed by atoms with Crippen LogP contribution in [-0.4, -0.2) is 14.2 Å². The zero-order chi connectivity index (χ0) is 15.0. The molecule has 0 amide bonds. The second-order valence-electron chi connectivity index (χ2n) is 5.62. The first kappa shape index (κ1) is 13.8. The van der Waals surface area contributed by atoms with Crippen molar-refractivity contribution in [3.63, 3.8) is 0 Å². The van der Waals surface area contributed by atoms with Gasteiger partial charge in [-0.2, -0.15) is 0 Å². The summed E-state index contributed by atoms with van der Waals surface area (Å²) in [4.78, 5) is 0. The molecule has 3 rings (SSSR count). The quantitative estimate of drug-likeness (QED) is 0.922. The van der Waals surface area contributed by atoms with Crippen molar-refractivity contribution in [3.05, 3.63) is 52.6 Å². The number of anilines is 1. The van der Waals surface area contributed by atoms with E-state index in [9.17, 15) is 0 Å². The van der Waals surface area contributed by atoms with Crippen molar-refractivity contribution in [2.45, 2.75) is 26.3 Å². The average molecular weight is 283 g/mol. The monoisotopic (exact) mass is 283 g/mol. The Labute approximate surface area is 125 Å².